The summed E-state index contributed by atoms with van der Waals surface area (Å²) in [4.78, 5) is 46.6. The van der Waals surface area contributed by atoms with Gasteiger partial charge in [0.05, 0.1) is 12.0 Å². The lowest BCUT2D eigenvalue weighted by molar-refractivity contribution is -0.142. The van der Waals surface area contributed by atoms with Crippen molar-refractivity contribution < 1.29 is 23.2 Å². The van der Waals surface area contributed by atoms with Gasteiger partial charge in [0.1, 0.15) is 17.7 Å². The van der Waals surface area contributed by atoms with Crippen molar-refractivity contribution in [2.45, 2.75) is 103 Å². The molecule has 0 bridgehead atoms. The summed E-state index contributed by atoms with van der Waals surface area (Å²) in [5, 5.41) is 2.85. The van der Waals surface area contributed by atoms with Crippen molar-refractivity contribution in [2.24, 2.45) is 17.1 Å². The Balaban J connectivity index is 1.65. The molecule has 10 heteroatoms. The third-order valence-corrected chi connectivity index (χ3v) is 9.72. The van der Waals surface area contributed by atoms with Crippen LogP contribution in [0.25, 0.3) is 0 Å². The highest BCUT2D eigenvalue weighted by Crippen LogP contribution is 2.41. The topological polar surface area (TPSA) is 99.0 Å². The van der Waals surface area contributed by atoms with E-state index in [1.807, 2.05) is 25.7 Å². The van der Waals surface area contributed by atoms with E-state index < -0.39 is 29.5 Å². The molecule has 3 N–H and O–H groups in total. The molecular weight excluding hydrogens is 540 g/mol. The van der Waals surface area contributed by atoms with Crippen LogP contribution >= 0.6 is 0 Å². The van der Waals surface area contributed by atoms with Gasteiger partial charge in [-0.05, 0) is 69.9 Å². The molecule has 0 radical (unpaired) electrons. The van der Waals surface area contributed by atoms with Crippen LogP contribution < -0.4 is 11.1 Å². The number of hydrogen-bond acceptors (Lipinski definition) is 5. The van der Waals surface area contributed by atoms with Crippen molar-refractivity contribution in [3.05, 3.63) is 35.4 Å². The van der Waals surface area contributed by atoms with E-state index in [1.165, 1.54) is 12.1 Å². The van der Waals surface area contributed by atoms with Crippen LogP contribution in [0.3, 0.4) is 0 Å². The van der Waals surface area contributed by atoms with E-state index in [0.29, 0.717) is 25.1 Å². The number of rotatable bonds is 7. The first-order valence-corrected chi connectivity index (χ1v) is 15.4. The molecule has 2 aliphatic heterocycles. The van der Waals surface area contributed by atoms with Gasteiger partial charge in [-0.25, -0.2) is 8.78 Å². The summed E-state index contributed by atoms with van der Waals surface area (Å²) in [5.41, 5.74) is 5.90. The standard InChI is InChI=1S/C32H49F2N5O3/c1-20(40)39(22-9-11-32(5,6)12-10-22)23-16-28(29(41)36-14-13-35)38(17-23)30(42)26-19-37(31(2,3)4)18-25(26)24-8-7-21(33)15-27(24)34/h7-8,15,22-23,25-26,28H,9-14,16-19,35H2,1-6H3,(H,36,41)/t23-,25-,26?,28-/m0/s1. The normalized spacial score (nSPS) is 26.8. The Morgan fingerprint density at radius 1 is 1.07 bits per heavy atom. The monoisotopic (exact) mass is 589 g/mol. The quantitative estimate of drug-likeness (QED) is 0.506. The van der Waals surface area contributed by atoms with Gasteiger partial charge in [0, 0.05) is 63.2 Å². The molecule has 1 unspecified atom stereocenters. The van der Waals surface area contributed by atoms with Gasteiger partial charge in [-0.1, -0.05) is 19.9 Å². The van der Waals surface area contributed by atoms with Gasteiger partial charge in [-0.15, -0.1) is 0 Å². The van der Waals surface area contributed by atoms with E-state index in [9.17, 15) is 18.8 Å². The summed E-state index contributed by atoms with van der Waals surface area (Å²) in [6, 6.07) is 2.52. The number of likely N-dealkylation sites (tertiary alicyclic amines) is 2. The van der Waals surface area contributed by atoms with Crippen molar-refractivity contribution in [2.75, 3.05) is 32.7 Å². The molecule has 4 rings (SSSR count). The predicted octanol–water partition coefficient (Wildman–Crippen LogP) is 3.64. The third kappa shape index (κ3) is 6.96. The molecule has 1 aromatic carbocycles. The molecule has 1 aromatic rings. The van der Waals surface area contributed by atoms with E-state index >= 15 is 4.39 Å². The minimum Gasteiger partial charge on any atom is -0.353 e. The number of amides is 3. The maximum absolute atomic E-state index is 15.1. The molecule has 0 aromatic heterocycles. The second-order valence-electron chi connectivity index (χ2n) is 14.3. The fraction of sp³-hybridized carbons (Fsp3) is 0.719. The Labute approximate surface area is 249 Å². The Morgan fingerprint density at radius 2 is 1.74 bits per heavy atom. The first kappa shape index (κ1) is 32.3. The van der Waals surface area contributed by atoms with Crippen LogP contribution in [-0.2, 0) is 14.4 Å². The highest BCUT2D eigenvalue weighted by atomic mass is 19.1. The van der Waals surface area contributed by atoms with E-state index in [1.54, 1.807) is 11.8 Å². The number of nitrogens with two attached hydrogens (primary N) is 1. The van der Waals surface area contributed by atoms with Crippen LogP contribution in [0, 0.1) is 23.0 Å². The molecule has 2 heterocycles. The van der Waals surface area contributed by atoms with Crippen LogP contribution in [0.2, 0.25) is 0 Å². The van der Waals surface area contributed by atoms with Gasteiger partial charge in [0.2, 0.25) is 17.7 Å². The van der Waals surface area contributed by atoms with Crippen LogP contribution in [0.15, 0.2) is 18.2 Å². The second kappa shape index (κ2) is 12.6. The van der Waals surface area contributed by atoms with Gasteiger partial charge in [0.25, 0.3) is 0 Å². The zero-order valence-electron chi connectivity index (χ0n) is 26.1. The summed E-state index contributed by atoms with van der Waals surface area (Å²) in [5.74, 6) is -3.06. The Hall–Kier alpha value is -2.59. The number of carbonyl (C=O) groups is 3. The highest BCUT2D eigenvalue weighted by molar-refractivity contribution is 5.90. The summed E-state index contributed by atoms with van der Waals surface area (Å²) >= 11 is 0. The number of carbonyl (C=O) groups excluding carboxylic acids is 3. The van der Waals surface area contributed by atoms with Crippen LogP contribution in [0.4, 0.5) is 8.78 Å². The highest BCUT2D eigenvalue weighted by Gasteiger charge is 2.50. The lowest BCUT2D eigenvalue weighted by Gasteiger charge is -2.42. The van der Waals surface area contributed by atoms with Crippen LogP contribution in [0.1, 0.15) is 85.1 Å². The summed E-state index contributed by atoms with van der Waals surface area (Å²) < 4.78 is 28.9. The molecule has 4 atom stereocenters. The maximum atomic E-state index is 15.1. The molecule has 1 saturated carbocycles. The van der Waals surface area contributed by atoms with Crippen molar-refractivity contribution >= 4 is 17.7 Å². The molecule has 3 amide bonds. The van der Waals surface area contributed by atoms with Crippen molar-refractivity contribution in [1.82, 2.24) is 20.0 Å². The van der Waals surface area contributed by atoms with Gasteiger partial charge in [-0.3, -0.25) is 19.3 Å². The first-order chi connectivity index (χ1) is 19.6. The zero-order chi connectivity index (χ0) is 31.0. The van der Waals surface area contributed by atoms with Gasteiger partial charge < -0.3 is 20.9 Å². The number of hydrogen-bond donors (Lipinski definition) is 2. The number of nitrogens with zero attached hydrogens (tertiary/aromatic N) is 3. The minimum atomic E-state index is -0.765. The molecule has 3 aliphatic rings. The number of benzene rings is 1. The van der Waals surface area contributed by atoms with E-state index in [2.05, 4.69) is 24.1 Å². The lowest BCUT2D eigenvalue weighted by atomic mass is 9.75. The first-order valence-electron chi connectivity index (χ1n) is 15.4. The SMILES string of the molecule is CC(=O)N(C1CCC(C)(C)CC1)[C@H]1C[C@@H](C(=O)NCCN)N(C(=O)C2CN(C(C)(C)C)C[C@H]2c2ccc(F)cc2F)C1. The maximum Gasteiger partial charge on any atom is 0.242 e. The lowest BCUT2D eigenvalue weighted by Crippen LogP contribution is -2.51. The van der Waals surface area contributed by atoms with E-state index in [0.717, 1.165) is 31.7 Å². The fourth-order valence-corrected chi connectivity index (χ4v) is 7.23. The van der Waals surface area contributed by atoms with E-state index in [-0.39, 0.29) is 60.4 Å². The summed E-state index contributed by atoms with van der Waals surface area (Å²) in [6.07, 6.45) is 4.12. The minimum absolute atomic E-state index is 0.0499. The average Bonchev–Trinajstić information content (AvgIpc) is 3.53. The molecular formula is C32H49F2N5O3. The molecule has 1 aliphatic carbocycles. The van der Waals surface area contributed by atoms with Crippen molar-refractivity contribution in [3.8, 4) is 0 Å². The molecule has 2 saturated heterocycles. The largest absolute Gasteiger partial charge is 0.353 e. The Bertz CT molecular complexity index is 1160. The number of halogens is 2. The molecule has 42 heavy (non-hydrogen) atoms. The number of nitrogens with one attached hydrogen (secondary N) is 1. The molecule has 234 valence electrons. The van der Waals surface area contributed by atoms with Gasteiger partial charge in [0.15, 0.2) is 0 Å². The third-order valence-electron chi connectivity index (χ3n) is 9.72. The smallest absolute Gasteiger partial charge is 0.242 e. The Kier molecular flexibility index (Phi) is 9.67. The molecule has 3 fully saturated rings. The Morgan fingerprint density at radius 3 is 2.31 bits per heavy atom. The van der Waals surface area contributed by atoms with Gasteiger partial charge in [-0.2, -0.15) is 0 Å². The predicted molar refractivity (Wildman–Crippen MR) is 158 cm³/mol. The zero-order valence-corrected chi connectivity index (χ0v) is 26.1. The fourth-order valence-electron chi connectivity index (χ4n) is 7.23. The molecule has 8 nitrogen and oxygen atoms in total. The van der Waals surface area contributed by atoms with Gasteiger partial charge >= 0.3 is 0 Å². The second-order valence-corrected chi connectivity index (χ2v) is 14.3. The van der Waals surface area contributed by atoms with Crippen LogP contribution in [-0.4, -0.2) is 88.8 Å². The summed E-state index contributed by atoms with van der Waals surface area (Å²) in [6.45, 7) is 13.8. The average molecular weight is 590 g/mol. The van der Waals surface area contributed by atoms with Crippen LogP contribution in [0.5, 0.6) is 0 Å². The van der Waals surface area contributed by atoms with E-state index in [4.69, 9.17) is 5.73 Å². The van der Waals surface area contributed by atoms with Crippen molar-refractivity contribution in [3.63, 3.8) is 0 Å². The summed E-state index contributed by atoms with van der Waals surface area (Å²) in [7, 11) is 0. The van der Waals surface area contributed by atoms with Crippen molar-refractivity contribution in [1.29, 1.82) is 0 Å². The molecule has 0 spiro atoms.